The van der Waals surface area contributed by atoms with E-state index in [0.29, 0.717) is 18.4 Å². The van der Waals surface area contributed by atoms with Gasteiger partial charge in [-0.1, -0.05) is 13.8 Å². The van der Waals surface area contributed by atoms with Gasteiger partial charge >= 0.3 is 0 Å². The summed E-state index contributed by atoms with van der Waals surface area (Å²) in [7, 11) is -3.41. The van der Waals surface area contributed by atoms with Gasteiger partial charge in [0.1, 0.15) is 6.10 Å². The highest BCUT2D eigenvalue weighted by Gasteiger charge is 2.46. The average molecular weight is 278 g/mol. The molecule has 2 fully saturated rings. The van der Waals surface area contributed by atoms with E-state index in [9.17, 15) is 8.42 Å². The van der Waals surface area contributed by atoms with E-state index in [0.717, 1.165) is 19.1 Å². The molecule has 0 aromatic rings. The van der Waals surface area contributed by atoms with Crippen molar-refractivity contribution in [3.05, 3.63) is 0 Å². The Labute approximate surface area is 109 Å². The van der Waals surface area contributed by atoms with E-state index in [1.165, 1.54) is 6.42 Å². The van der Waals surface area contributed by atoms with E-state index < -0.39 is 15.9 Å². The number of hydrogen-bond donors (Lipinski definition) is 0. The summed E-state index contributed by atoms with van der Waals surface area (Å²) in [6.07, 6.45) is 3.72. The highest BCUT2D eigenvalue weighted by atomic mass is 32.2. The molecule has 0 aromatic heterocycles. The molecule has 0 aromatic carbocycles. The normalized spacial score (nSPS) is 41.4. The summed E-state index contributed by atoms with van der Waals surface area (Å²) in [5, 5.41) is 0. The maximum Gasteiger partial charge on any atom is 0.264 e. The lowest BCUT2D eigenvalue weighted by molar-refractivity contribution is -0.206. The molecule has 3 atom stereocenters. The summed E-state index contributed by atoms with van der Waals surface area (Å²) in [5.74, 6) is 0.634. The molecule has 0 radical (unpaired) electrons. The van der Waals surface area contributed by atoms with E-state index in [-0.39, 0.29) is 12.7 Å². The minimum Gasteiger partial charge on any atom is -0.347 e. The van der Waals surface area contributed by atoms with Crippen LogP contribution in [0.15, 0.2) is 0 Å². The van der Waals surface area contributed by atoms with Gasteiger partial charge in [0.15, 0.2) is 5.79 Å². The molecule has 106 valence electrons. The summed E-state index contributed by atoms with van der Waals surface area (Å²) in [5.41, 5.74) is 0. The Morgan fingerprint density at radius 2 is 1.89 bits per heavy atom. The van der Waals surface area contributed by atoms with Crippen molar-refractivity contribution >= 4 is 10.1 Å². The van der Waals surface area contributed by atoms with Gasteiger partial charge in [0.05, 0.1) is 19.5 Å². The smallest absolute Gasteiger partial charge is 0.264 e. The van der Waals surface area contributed by atoms with Crippen molar-refractivity contribution in [3.63, 3.8) is 0 Å². The van der Waals surface area contributed by atoms with E-state index in [1.807, 2.05) is 0 Å². The Kier molecular flexibility index (Phi) is 4.02. The van der Waals surface area contributed by atoms with Crippen LogP contribution in [0.3, 0.4) is 0 Å². The van der Waals surface area contributed by atoms with E-state index in [1.54, 1.807) is 0 Å². The topological polar surface area (TPSA) is 61.8 Å². The van der Waals surface area contributed by atoms with Crippen LogP contribution in [0.5, 0.6) is 0 Å². The van der Waals surface area contributed by atoms with Crippen molar-refractivity contribution in [1.29, 1.82) is 0 Å². The molecule has 1 saturated carbocycles. The quantitative estimate of drug-likeness (QED) is 0.733. The third kappa shape index (κ3) is 3.66. The largest absolute Gasteiger partial charge is 0.347 e. The molecule has 18 heavy (non-hydrogen) atoms. The Hall–Kier alpha value is -0.170. The summed E-state index contributed by atoms with van der Waals surface area (Å²) >= 11 is 0. The maximum absolute atomic E-state index is 10.9. The molecule has 1 spiro atoms. The summed E-state index contributed by atoms with van der Waals surface area (Å²) in [4.78, 5) is 0. The molecule has 2 rings (SSSR count). The van der Waals surface area contributed by atoms with Gasteiger partial charge in [0, 0.05) is 12.8 Å². The number of rotatable bonds is 3. The molecule has 3 unspecified atom stereocenters. The van der Waals surface area contributed by atoms with E-state index in [4.69, 9.17) is 13.7 Å². The van der Waals surface area contributed by atoms with Crippen LogP contribution in [-0.4, -0.2) is 39.8 Å². The second-order valence-electron chi connectivity index (χ2n) is 5.80. The van der Waals surface area contributed by atoms with E-state index in [2.05, 4.69) is 13.8 Å². The van der Waals surface area contributed by atoms with Gasteiger partial charge in [-0.3, -0.25) is 4.18 Å². The first-order chi connectivity index (χ1) is 8.28. The Morgan fingerprint density at radius 1 is 1.28 bits per heavy atom. The molecule has 5 nitrogen and oxygen atoms in total. The molecule has 0 amide bonds. The van der Waals surface area contributed by atoms with Gasteiger partial charge < -0.3 is 9.47 Å². The van der Waals surface area contributed by atoms with E-state index >= 15 is 0 Å². The maximum atomic E-state index is 10.9. The average Bonchev–Trinajstić information content (AvgIpc) is 2.55. The second-order valence-corrected chi connectivity index (χ2v) is 7.45. The van der Waals surface area contributed by atoms with Crippen LogP contribution in [0, 0.1) is 11.8 Å². The predicted molar refractivity (Wildman–Crippen MR) is 66.5 cm³/mol. The van der Waals surface area contributed by atoms with Gasteiger partial charge in [-0.2, -0.15) is 8.42 Å². The van der Waals surface area contributed by atoms with Gasteiger partial charge in [-0.05, 0) is 18.3 Å². The molecule has 1 heterocycles. The fraction of sp³-hybridized carbons (Fsp3) is 1.00. The Morgan fingerprint density at radius 3 is 2.44 bits per heavy atom. The molecule has 1 aliphatic carbocycles. The van der Waals surface area contributed by atoms with Gasteiger partial charge in [-0.15, -0.1) is 0 Å². The first-order valence-corrected chi connectivity index (χ1v) is 8.26. The van der Waals surface area contributed by atoms with Crippen molar-refractivity contribution in [2.45, 2.75) is 45.0 Å². The minimum atomic E-state index is -3.41. The fourth-order valence-electron chi connectivity index (χ4n) is 3.11. The Bertz CT molecular complexity index is 381. The lowest BCUT2D eigenvalue weighted by Gasteiger charge is -2.38. The molecule has 6 heteroatoms. The third-order valence-electron chi connectivity index (χ3n) is 3.51. The number of ether oxygens (including phenoxy) is 2. The molecular formula is C12H22O5S. The van der Waals surface area contributed by atoms with Gasteiger partial charge in [-0.25, -0.2) is 0 Å². The van der Waals surface area contributed by atoms with Gasteiger partial charge in [0.2, 0.25) is 0 Å². The van der Waals surface area contributed by atoms with Crippen LogP contribution in [-0.2, 0) is 23.8 Å². The Balaban J connectivity index is 1.90. The van der Waals surface area contributed by atoms with Crippen LogP contribution in [0.25, 0.3) is 0 Å². The molecule has 0 bridgehead atoms. The van der Waals surface area contributed by atoms with Crippen LogP contribution in [0.4, 0.5) is 0 Å². The van der Waals surface area contributed by atoms with Gasteiger partial charge in [0.25, 0.3) is 10.1 Å². The molecule has 1 saturated heterocycles. The monoisotopic (exact) mass is 278 g/mol. The SMILES string of the molecule is CC1CC(C)CC2(C1)OCC(COS(C)(=O)=O)O2. The summed E-state index contributed by atoms with van der Waals surface area (Å²) in [6.45, 7) is 4.85. The lowest BCUT2D eigenvalue weighted by Crippen LogP contribution is -2.39. The van der Waals surface area contributed by atoms with Crippen molar-refractivity contribution < 1.29 is 22.1 Å². The van der Waals surface area contributed by atoms with Crippen LogP contribution in [0.2, 0.25) is 0 Å². The second kappa shape index (κ2) is 5.07. The van der Waals surface area contributed by atoms with Crippen molar-refractivity contribution in [3.8, 4) is 0 Å². The molecule has 1 aliphatic heterocycles. The first-order valence-electron chi connectivity index (χ1n) is 6.44. The summed E-state index contributed by atoms with van der Waals surface area (Å²) < 4.78 is 38.4. The van der Waals surface area contributed by atoms with Crippen molar-refractivity contribution in [2.75, 3.05) is 19.5 Å². The lowest BCUT2D eigenvalue weighted by atomic mass is 9.79. The minimum absolute atomic E-state index is 0.0450. The zero-order valence-electron chi connectivity index (χ0n) is 11.2. The predicted octanol–water partition coefficient (Wildman–Crippen LogP) is 1.53. The van der Waals surface area contributed by atoms with Crippen molar-refractivity contribution in [1.82, 2.24) is 0 Å². The standard InChI is InChI=1S/C12H22O5S/c1-9-4-10(2)6-12(5-9)15-7-11(17-12)8-16-18(3,13)14/h9-11H,4-8H2,1-3H3. The highest BCUT2D eigenvalue weighted by Crippen LogP contribution is 2.42. The zero-order chi connectivity index (χ0) is 13.4. The van der Waals surface area contributed by atoms with Crippen LogP contribution < -0.4 is 0 Å². The molecule has 0 N–H and O–H groups in total. The third-order valence-corrected chi connectivity index (χ3v) is 4.07. The van der Waals surface area contributed by atoms with Crippen LogP contribution >= 0.6 is 0 Å². The first kappa shape index (κ1) is 14.2. The highest BCUT2D eigenvalue weighted by molar-refractivity contribution is 7.85. The number of hydrogen-bond acceptors (Lipinski definition) is 5. The molecular weight excluding hydrogens is 256 g/mol. The van der Waals surface area contributed by atoms with Crippen molar-refractivity contribution in [2.24, 2.45) is 11.8 Å². The fourth-order valence-corrected chi connectivity index (χ4v) is 3.51. The summed E-state index contributed by atoms with van der Waals surface area (Å²) in [6, 6.07) is 0. The van der Waals surface area contributed by atoms with Crippen LogP contribution in [0.1, 0.15) is 33.1 Å². The molecule has 2 aliphatic rings. The zero-order valence-corrected chi connectivity index (χ0v) is 12.0.